The van der Waals surface area contributed by atoms with Crippen LogP contribution >= 0.6 is 0 Å². The molecule has 7 nitrogen and oxygen atoms in total. The smallest absolute Gasteiger partial charge is 0.341 e. The van der Waals surface area contributed by atoms with Gasteiger partial charge in [-0.1, -0.05) is 13.0 Å². The summed E-state index contributed by atoms with van der Waals surface area (Å²) in [7, 11) is 0. The summed E-state index contributed by atoms with van der Waals surface area (Å²) < 4.78 is 5.18. The molecule has 2 saturated carbocycles. The van der Waals surface area contributed by atoms with Gasteiger partial charge in [-0.05, 0) is 61.5 Å². The number of carbonyl (C=O) groups excluding carboxylic acids is 1. The number of nitro groups is 1. The molecule has 0 amide bonds. The normalized spacial score (nSPS) is 31.6. The van der Waals surface area contributed by atoms with Crippen molar-refractivity contribution in [2.45, 2.75) is 51.4 Å². The Labute approximate surface area is 156 Å². The molecule has 4 atom stereocenters. The maximum atomic E-state index is 12.4. The topological polar surface area (TPSA) is 107 Å². The van der Waals surface area contributed by atoms with Crippen molar-refractivity contribution in [3.63, 3.8) is 0 Å². The highest BCUT2D eigenvalue weighted by Crippen LogP contribution is 2.60. The number of nitrogens with zero attached hydrogens (tertiary/aromatic N) is 1. The lowest BCUT2D eigenvalue weighted by atomic mass is 9.55. The summed E-state index contributed by atoms with van der Waals surface area (Å²) in [6, 6.07) is 3.41. The van der Waals surface area contributed by atoms with Crippen molar-refractivity contribution < 1.29 is 24.4 Å². The molecule has 2 fully saturated rings. The second-order valence-electron chi connectivity index (χ2n) is 8.25. The van der Waals surface area contributed by atoms with E-state index < -0.39 is 17.5 Å². The number of benzene rings is 1. The molecule has 1 aromatic carbocycles. The highest BCUT2D eigenvalue weighted by molar-refractivity contribution is 5.87. The summed E-state index contributed by atoms with van der Waals surface area (Å²) in [6.07, 6.45) is 4.67. The lowest BCUT2D eigenvalue weighted by Gasteiger charge is -2.48. The highest BCUT2D eigenvalue weighted by Gasteiger charge is 2.55. The molecule has 0 radical (unpaired) electrons. The van der Waals surface area contributed by atoms with Crippen LogP contribution in [0.4, 0.5) is 5.69 Å². The van der Waals surface area contributed by atoms with Crippen LogP contribution in [-0.4, -0.2) is 28.4 Å². The van der Waals surface area contributed by atoms with Gasteiger partial charge < -0.3 is 9.84 Å². The van der Waals surface area contributed by atoms with Gasteiger partial charge in [0.15, 0.2) is 12.4 Å². The number of fused-ring (bicyclic) bond motifs is 5. The maximum Gasteiger partial charge on any atom is 0.341 e. The third kappa shape index (κ3) is 2.71. The quantitative estimate of drug-likeness (QED) is 0.639. The number of carboxylic acids is 1. The Morgan fingerprint density at radius 1 is 1.33 bits per heavy atom. The molecule has 1 N–H and O–H groups in total. The monoisotopic (exact) mass is 373 g/mol. The molecule has 0 saturated heterocycles. The molecule has 0 aliphatic heterocycles. The number of nitro benzene ring substituents is 1. The van der Waals surface area contributed by atoms with Gasteiger partial charge in [-0.15, -0.1) is 0 Å². The number of carbonyl (C=O) groups is 2. The number of ketones is 1. The van der Waals surface area contributed by atoms with Crippen molar-refractivity contribution in [3.8, 4) is 5.75 Å². The van der Waals surface area contributed by atoms with Crippen LogP contribution < -0.4 is 4.74 Å². The van der Waals surface area contributed by atoms with E-state index in [9.17, 15) is 19.7 Å². The largest absolute Gasteiger partial charge is 0.479 e. The molecule has 7 heteroatoms. The average molecular weight is 373 g/mol. The molecule has 0 bridgehead atoms. The Kier molecular flexibility index (Phi) is 4.20. The predicted molar refractivity (Wildman–Crippen MR) is 95.9 cm³/mol. The fraction of sp³-hybridized carbons (Fsp3) is 0.600. The molecule has 0 unspecified atom stereocenters. The van der Waals surface area contributed by atoms with Crippen LogP contribution in [0.1, 0.15) is 56.1 Å². The zero-order valence-corrected chi connectivity index (χ0v) is 15.3. The number of hydrogen-bond acceptors (Lipinski definition) is 5. The Morgan fingerprint density at radius 3 is 2.81 bits per heavy atom. The SMILES string of the molecule is C[C@]12CC[C@@H]3c4ccc(OCC(=O)O)c([N+](=O)[O-])c4CC[C@H]3[C@@H]1CCC2=O. The van der Waals surface area contributed by atoms with Crippen LogP contribution in [0, 0.1) is 27.4 Å². The Morgan fingerprint density at radius 2 is 2.11 bits per heavy atom. The van der Waals surface area contributed by atoms with Crippen molar-refractivity contribution >= 4 is 17.4 Å². The second-order valence-corrected chi connectivity index (χ2v) is 8.25. The van der Waals surface area contributed by atoms with E-state index in [1.54, 1.807) is 0 Å². The van der Waals surface area contributed by atoms with Gasteiger partial charge in [-0.3, -0.25) is 14.9 Å². The fourth-order valence-corrected chi connectivity index (χ4v) is 5.85. The van der Waals surface area contributed by atoms with Gasteiger partial charge in [-0.2, -0.15) is 0 Å². The number of ether oxygens (including phenoxy) is 1. The van der Waals surface area contributed by atoms with E-state index in [2.05, 4.69) is 6.92 Å². The Bertz CT molecular complexity index is 834. The van der Waals surface area contributed by atoms with Crippen molar-refractivity contribution in [1.82, 2.24) is 0 Å². The number of aliphatic carboxylic acids is 1. The van der Waals surface area contributed by atoms with Crippen LogP contribution in [0.15, 0.2) is 12.1 Å². The van der Waals surface area contributed by atoms with Gasteiger partial charge in [-0.25, -0.2) is 4.79 Å². The van der Waals surface area contributed by atoms with Gasteiger partial charge in [0, 0.05) is 17.4 Å². The second kappa shape index (κ2) is 6.32. The molecule has 3 aliphatic rings. The molecule has 1 aromatic rings. The van der Waals surface area contributed by atoms with E-state index >= 15 is 0 Å². The molecule has 0 aromatic heterocycles. The van der Waals surface area contributed by atoms with Crippen LogP contribution in [-0.2, 0) is 16.0 Å². The summed E-state index contributed by atoms with van der Waals surface area (Å²) in [5.74, 6) is 0.202. The first-order valence-corrected chi connectivity index (χ1v) is 9.51. The standard InChI is InChI=1S/C20H23NO6/c1-20-9-8-12-11-4-6-16(27-10-18(23)24)19(21(25)26)14(11)3-2-13(12)15(20)5-7-17(20)22/h4,6,12-13,15H,2-3,5,7-10H2,1H3,(H,23,24)/t12-,13-,15+,20+/m1/s1. The van der Waals surface area contributed by atoms with Crippen LogP contribution in [0.3, 0.4) is 0 Å². The minimum Gasteiger partial charge on any atom is -0.479 e. The van der Waals surface area contributed by atoms with Gasteiger partial charge in [0.05, 0.1) is 4.92 Å². The molecule has 0 spiro atoms. The molecule has 4 rings (SSSR count). The number of rotatable bonds is 4. The zero-order valence-electron chi connectivity index (χ0n) is 15.3. The Balaban J connectivity index is 1.71. The first-order chi connectivity index (χ1) is 12.8. The molecule has 27 heavy (non-hydrogen) atoms. The summed E-state index contributed by atoms with van der Waals surface area (Å²) in [5.41, 5.74) is 1.34. The maximum absolute atomic E-state index is 12.4. The highest BCUT2D eigenvalue weighted by atomic mass is 16.6. The lowest BCUT2D eigenvalue weighted by molar-refractivity contribution is -0.386. The number of Topliss-reactive ketones (excluding diaryl/α,β-unsaturated/α-hetero) is 1. The summed E-state index contributed by atoms with van der Waals surface area (Å²) >= 11 is 0. The van der Waals surface area contributed by atoms with E-state index in [4.69, 9.17) is 9.84 Å². The third-order valence-electron chi connectivity index (χ3n) is 7.09. The summed E-state index contributed by atoms with van der Waals surface area (Å²) in [5, 5.41) is 20.5. The predicted octanol–water partition coefficient (Wildman–Crippen LogP) is 3.48. The lowest BCUT2D eigenvalue weighted by Crippen LogP contribution is -2.42. The average Bonchev–Trinajstić information content (AvgIpc) is 2.93. The van der Waals surface area contributed by atoms with Crippen molar-refractivity contribution in [2.75, 3.05) is 6.61 Å². The van der Waals surface area contributed by atoms with Crippen molar-refractivity contribution in [1.29, 1.82) is 0 Å². The number of carboxylic acid groups (broad SMARTS) is 1. The first kappa shape index (κ1) is 17.9. The van der Waals surface area contributed by atoms with Crippen LogP contribution in [0.25, 0.3) is 0 Å². The van der Waals surface area contributed by atoms with Crippen LogP contribution in [0.2, 0.25) is 0 Å². The molecule has 144 valence electrons. The molecule has 0 heterocycles. The molecular formula is C20H23NO6. The van der Waals surface area contributed by atoms with Gasteiger partial charge in [0.1, 0.15) is 5.78 Å². The molecule has 3 aliphatic carbocycles. The third-order valence-corrected chi connectivity index (χ3v) is 7.09. The summed E-state index contributed by atoms with van der Waals surface area (Å²) in [4.78, 5) is 34.4. The van der Waals surface area contributed by atoms with Crippen molar-refractivity contribution in [3.05, 3.63) is 33.4 Å². The fourth-order valence-electron chi connectivity index (χ4n) is 5.85. The first-order valence-electron chi connectivity index (χ1n) is 9.51. The van der Waals surface area contributed by atoms with E-state index in [1.807, 2.05) is 6.07 Å². The van der Waals surface area contributed by atoms with E-state index in [-0.39, 0.29) is 22.8 Å². The summed E-state index contributed by atoms with van der Waals surface area (Å²) in [6.45, 7) is 1.50. The van der Waals surface area contributed by atoms with Crippen molar-refractivity contribution in [2.24, 2.45) is 17.3 Å². The molecular weight excluding hydrogens is 350 g/mol. The van der Waals surface area contributed by atoms with Gasteiger partial charge in [0.2, 0.25) is 0 Å². The van der Waals surface area contributed by atoms with E-state index in [0.29, 0.717) is 36.0 Å². The minimum atomic E-state index is -1.17. The van der Waals surface area contributed by atoms with E-state index in [1.165, 1.54) is 6.07 Å². The van der Waals surface area contributed by atoms with Crippen LogP contribution in [0.5, 0.6) is 5.75 Å². The zero-order chi connectivity index (χ0) is 19.3. The Hall–Kier alpha value is -2.44. The van der Waals surface area contributed by atoms with Gasteiger partial charge >= 0.3 is 11.7 Å². The van der Waals surface area contributed by atoms with E-state index in [0.717, 1.165) is 31.2 Å². The minimum absolute atomic E-state index is 0.0243. The van der Waals surface area contributed by atoms with Gasteiger partial charge in [0.25, 0.3) is 0 Å². The number of hydrogen-bond donors (Lipinski definition) is 1.